The number of thioether (sulfide) groups is 1. The van der Waals surface area contributed by atoms with Crippen LogP contribution in [-0.2, 0) is 6.42 Å². The Morgan fingerprint density at radius 1 is 1.00 bits per heavy atom. The van der Waals surface area contributed by atoms with E-state index < -0.39 is 0 Å². The highest BCUT2D eigenvalue weighted by Gasteiger charge is 2.30. The number of aromatic nitrogens is 4. The molecule has 1 aliphatic carbocycles. The molecule has 5 nitrogen and oxygen atoms in total. The molecule has 1 aliphatic rings. The first-order valence-electron chi connectivity index (χ1n) is 9.36. The van der Waals surface area contributed by atoms with E-state index >= 15 is 0 Å². The SMILES string of the molecule is c1ccc(-n2nc(SCCCc3nc4ccccc4o3)nc2C2CC2)cc1. The lowest BCUT2D eigenvalue weighted by Crippen LogP contribution is -2.01. The van der Waals surface area contributed by atoms with Crippen LogP contribution in [0, 0.1) is 0 Å². The number of benzene rings is 2. The predicted octanol–water partition coefficient (Wildman–Crippen LogP) is 5.01. The Balaban J connectivity index is 1.23. The van der Waals surface area contributed by atoms with E-state index in [1.54, 1.807) is 11.8 Å². The number of nitrogens with zero attached hydrogens (tertiary/aromatic N) is 4. The van der Waals surface area contributed by atoms with Crippen LogP contribution in [0.1, 0.15) is 36.9 Å². The summed E-state index contributed by atoms with van der Waals surface area (Å²) in [6.45, 7) is 0. The molecule has 0 bridgehead atoms. The van der Waals surface area contributed by atoms with Gasteiger partial charge in [-0.1, -0.05) is 42.1 Å². The molecule has 2 heterocycles. The molecule has 136 valence electrons. The minimum Gasteiger partial charge on any atom is -0.441 e. The van der Waals surface area contributed by atoms with E-state index in [1.165, 1.54) is 12.8 Å². The molecule has 0 unspecified atom stereocenters. The van der Waals surface area contributed by atoms with E-state index in [0.29, 0.717) is 5.92 Å². The van der Waals surface area contributed by atoms with E-state index in [1.807, 2.05) is 47.1 Å². The summed E-state index contributed by atoms with van der Waals surface area (Å²) in [4.78, 5) is 9.34. The summed E-state index contributed by atoms with van der Waals surface area (Å²) in [6.07, 6.45) is 4.24. The lowest BCUT2D eigenvalue weighted by atomic mass is 10.3. The Bertz CT molecular complexity index is 1020. The number of oxazole rings is 1. The lowest BCUT2D eigenvalue weighted by Gasteiger charge is -2.03. The Hall–Kier alpha value is -2.60. The second kappa shape index (κ2) is 7.19. The molecule has 0 atom stereocenters. The van der Waals surface area contributed by atoms with E-state index in [4.69, 9.17) is 14.5 Å². The van der Waals surface area contributed by atoms with E-state index in [2.05, 4.69) is 17.1 Å². The second-order valence-corrected chi connectivity index (χ2v) is 7.86. The van der Waals surface area contributed by atoms with Crippen molar-refractivity contribution in [2.75, 3.05) is 5.75 Å². The smallest absolute Gasteiger partial charge is 0.209 e. The third kappa shape index (κ3) is 3.62. The maximum absolute atomic E-state index is 5.79. The summed E-state index contributed by atoms with van der Waals surface area (Å²) < 4.78 is 7.80. The zero-order valence-corrected chi connectivity index (χ0v) is 15.7. The number of hydrogen-bond donors (Lipinski definition) is 0. The van der Waals surface area contributed by atoms with Gasteiger partial charge in [-0.05, 0) is 43.5 Å². The molecule has 2 aromatic carbocycles. The molecular weight excluding hydrogens is 356 g/mol. The van der Waals surface area contributed by atoms with E-state index in [-0.39, 0.29) is 0 Å². The molecule has 0 N–H and O–H groups in total. The third-order valence-corrected chi connectivity index (χ3v) is 5.58. The molecule has 2 aromatic heterocycles. The highest BCUT2D eigenvalue weighted by Crippen LogP contribution is 2.40. The highest BCUT2D eigenvalue weighted by atomic mass is 32.2. The van der Waals surface area contributed by atoms with Crippen molar-refractivity contribution in [3.8, 4) is 5.69 Å². The minimum atomic E-state index is 0.562. The molecule has 0 saturated heterocycles. The summed E-state index contributed by atoms with van der Waals surface area (Å²) >= 11 is 1.71. The van der Waals surface area contributed by atoms with Crippen LogP contribution in [0.3, 0.4) is 0 Å². The normalized spacial score (nSPS) is 14.1. The van der Waals surface area contributed by atoms with Crippen LogP contribution in [0.2, 0.25) is 0 Å². The number of rotatable bonds is 7. The molecule has 27 heavy (non-hydrogen) atoms. The van der Waals surface area contributed by atoms with Crippen LogP contribution in [0.4, 0.5) is 0 Å². The number of hydrogen-bond acceptors (Lipinski definition) is 5. The summed E-state index contributed by atoms with van der Waals surface area (Å²) in [5, 5.41) is 5.61. The fraction of sp³-hybridized carbons (Fsp3) is 0.286. The topological polar surface area (TPSA) is 56.7 Å². The summed E-state index contributed by atoms with van der Waals surface area (Å²) in [5.41, 5.74) is 2.88. The van der Waals surface area contributed by atoms with Crippen molar-refractivity contribution in [3.63, 3.8) is 0 Å². The molecule has 0 spiro atoms. The van der Waals surface area contributed by atoms with Crippen molar-refractivity contribution < 1.29 is 4.42 Å². The van der Waals surface area contributed by atoms with Crippen LogP contribution >= 0.6 is 11.8 Å². The van der Waals surface area contributed by atoms with Crippen molar-refractivity contribution in [1.29, 1.82) is 0 Å². The standard InChI is InChI=1S/C21H20N4OS/c1-2-7-16(8-3-1)25-20(15-12-13-15)23-21(24-25)27-14-6-11-19-22-17-9-4-5-10-18(17)26-19/h1-5,7-10,15H,6,11-14H2. The molecule has 0 radical (unpaired) electrons. The number of para-hydroxylation sites is 3. The Morgan fingerprint density at radius 3 is 2.63 bits per heavy atom. The Kier molecular flexibility index (Phi) is 4.41. The zero-order valence-electron chi connectivity index (χ0n) is 14.9. The van der Waals surface area contributed by atoms with Gasteiger partial charge in [0.25, 0.3) is 0 Å². The van der Waals surface area contributed by atoms with Gasteiger partial charge in [0.2, 0.25) is 5.16 Å². The average molecular weight is 376 g/mol. The van der Waals surface area contributed by atoms with E-state index in [9.17, 15) is 0 Å². The van der Waals surface area contributed by atoms with Crippen molar-refractivity contribution >= 4 is 22.9 Å². The van der Waals surface area contributed by atoms with Crippen molar-refractivity contribution in [2.24, 2.45) is 0 Å². The summed E-state index contributed by atoms with van der Waals surface area (Å²) in [7, 11) is 0. The average Bonchev–Trinajstić information content (AvgIpc) is 3.33. The highest BCUT2D eigenvalue weighted by molar-refractivity contribution is 7.99. The van der Waals surface area contributed by atoms with Gasteiger partial charge in [-0.15, -0.1) is 5.10 Å². The first kappa shape index (κ1) is 16.6. The minimum absolute atomic E-state index is 0.562. The molecule has 0 amide bonds. The maximum atomic E-state index is 5.79. The maximum Gasteiger partial charge on any atom is 0.209 e. The van der Waals surface area contributed by atoms with Crippen molar-refractivity contribution in [2.45, 2.75) is 36.8 Å². The van der Waals surface area contributed by atoms with Gasteiger partial charge in [0, 0.05) is 18.1 Å². The molecule has 1 saturated carbocycles. The molecule has 6 heteroatoms. The lowest BCUT2D eigenvalue weighted by molar-refractivity contribution is 0.526. The van der Waals surface area contributed by atoms with Gasteiger partial charge in [0.1, 0.15) is 11.3 Å². The van der Waals surface area contributed by atoms with Gasteiger partial charge < -0.3 is 4.42 Å². The van der Waals surface area contributed by atoms with Crippen LogP contribution < -0.4 is 0 Å². The first-order valence-corrected chi connectivity index (χ1v) is 10.3. The number of aryl methyl sites for hydroxylation is 1. The Labute approximate surface area is 161 Å². The summed E-state index contributed by atoms with van der Waals surface area (Å²) in [5.74, 6) is 3.41. The van der Waals surface area contributed by atoms with Crippen LogP contribution in [0.25, 0.3) is 16.8 Å². The van der Waals surface area contributed by atoms with Gasteiger partial charge in [-0.3, -0.25) is 0 Å². The monoisotopic (exact) mass is 376 g/mol. The largest absolute Gasteiger partial charge is 0.441 e. The van der Waals surface area contributed by atoms with Gasteiger partial charge in [0.05, 0.1) is 5.69 Å². The third-order valence-electron chi connectivity index (χ3n) is 4.66. The number of fused-ring (bicyclic) bond motifs is 1. The van der Waals surface area contributed by atoms with Gasteiger partial charge in [-0.2, -0.15) is 0 Å². The molecule has 5 rings (SSSR count). The van der Waals surface area contributed by atoms with Gasteiger partial charge in [-0.25, -0.2) is 14.6 Å². The summed E-state index contributed by atoms with van der Waals surface area (Å²) in [6, 6.07) is 18.2. The van der Waals surface area contributed by atoms with E-state index in [0.717, 1.165) is 52.3 Å². The quantitative estimate of drug-likeness (QED) is 0.335. The van der Waals surface area contributed by atoms with Crippen molar-refractivity contribution in [3.05, 3.63) is 66.3 Å². The van der Waals surface area contributed by atoms with Gasteiger partial charge >= 0.3 is 0 Å². The second-order valence-electron chi connectivity index (χ2n) is 6.80. The first-order chi connectivity index (χ1) is 13.4. The van der Waals surface area contributed by atoms with Crippen LogP contribution in [-0.4, -0.2) is 25.5 Å². The van der Waals surface area contributed by atoms with Crippen molar-refractivity contribution in [1.82, 2.24) is 19.7 Å². The fourth-order valence-electron chi connectivity index (χ4n) is 3.14. The predicted molar refractivity (Wildman–Crippen MR) is 106 cm³/mol. The van der Waals surface area contributed by atoms with Crippen LogP contribution in [0.5, 0.6) is 0 Å². The molecule has 1 fully saturated rings. The molecule has 4 aromatic rings. The molecule has 0 aliphatic heterocycles. The van der Waals surface area contributed by atoms with Gasteiger partial charge in [0.15, 0.2) is 11.5 Å². The molecular formula is C21H20N4OS. The zero-order chi connectivity index (χ0) is 18.1. The Morgan fingerprint density at radius 2 is 1.81 bits per heavy atom. The van der Waals surface area contributed by atoms with Crippen LogP contribution in [0.15, 0.2) is 64.2 Å². The fourth-order valence-corrected chi connectivity index (χ4v) is 3.91.